The van der Waals surface area contributed by atoms with Crippen LogP contribution in [0.25, 0.3) is 21.6 Å². The Bertz CT molecular complexity index is 2100. The number of pyridine rings is 1. The summed E-state index contributed by atoms with van der Waals surface area (Å²) in [7, 11) is 1.27. The highest BCUT2D eigenvalue weighted by atomic mass is 32.1. The van der Waals surface area contributed by atoms with Crippen LogP contribution in [0.5, 0.6) is 5.75 Å². The highest BCUT2D eigenvalue weighted by Crippen LogP contribution is 2.44. The number of carbonyl (C=O) groups excluding carboxylic acids is 3. The SMILES string of the molecule is COC(=O)c1nc(C(=O)N2CCC[C@H]2c2ccccc2)ccc1-c1cc2c(cc1C(=O)Nc1c(C)cc(CN)cc1C)-c1sccc1CCO2. The molecule has 4 heterocycles. The highest BCUT2D eigenvalue weighted by molar-refractivity contribution is 7.13. The number of esters is 1. The molecule has 2 aliphatic heterocycles. The summed E-state index contributed by atoms with van der Waals surface area (Å²) in [5.74, 6) is -0.761. The van der Waals surface area contributed by atoms with E-state index < -0.39 is 5.97 Å². The number of thiophene rings is 1. The zero-order valence-corrected chi connectivity index (χ0v) is 29.1. The van der Waals surface area contributed by atoms with Gasteiger partial charge in [0.2, 0.25) is 0 Å². The van der Waals surface area contributed by atoms with Crippen molar-refractivity contribution in [2.45, 2.75) is 45.7 Å². The van der Waals surface area contributed by atoms with Gasteiger partial charge in [-0.3, -0.25) is 9.59 Å². The fourth-order valence-electron chi connectivity index (χ4n) is 7.10. The maximum absolute atomic E-state index is 14.4. The van der Waals surface area contributed by atoms with Crippen LogP contribution in [0.1, 0.15) is 78.0 Å². The molecule has 2 aromatic heterocycles. The lowest BCUT2D eigenvalue weighted by Gasteiger charge is -2.25. The monoisotopic (exact) mass is 686 g/mol. The zero-order chi connectivity index (χ0) is 34.9. The molecule has 0 bridgehead atoms. The van der Waals surface area contributed by atoms with Crippen molar-refractivity contribution in [2.75, 3.05) is 25.6 Å². The maximum atomic E-state index is 14.4. The van der Waals surface area contributed by atoms with Crippen molar-refractivity contribution in [2.24, 2.45) is 5.73 Å². The van der Waals surface area contributed by atoms with Crippen LogP contribution in [0, 0.1) is 13.8 Å². The van der Waals surface area contributed by atoms with Gasteiger partial charge in [-0.25, -0.2) is 9.78 Å². The van der Waals surface area contributed by atoms with Gasteiger partial charge in [-0.05, 0) is 90.2 Å². The molecule has 3 aromatic carbocycles. The number of nitrogens with one attached hydrogen (secondary N) is 1. The number of aromatic nitrogens is 1. The third kappa shape index (κ3) is 6.16. The van der Waals surface area contributed by atoms with Gasteiger partial charge in [0, 0.05) is 52.3 Å². The molecule has 9 nitrogen and oxygen atoms in total. The van der Waals surface area contributed by atoms with E-state index >= 15 is 0 Å². The van der Waals surface area contributed by atoms with Crippen LogP contribution < -0.4 is 15.8 Å². The minimum absolute atomic E-state index is 0.0621. The minimum Gasteiger partial charge on any atom is -0.493 e. The van der Waals surface area contributed by atoms with Crippen molar-refractivity contribution in [1.29, 1.82) is 0 Å². The molecule has 0 unspecified atom stereocenters. The number of ether oxygens (including phenoxy) is 2. The molecule has 0 aliphatic carbocycles. The molecule has 1 saturated heterocycles. The normalized spacial score (nSPS) is 15.0. The fraction of sp³-hybridized carbons (Fsp3) is 0.250. The molecule has 0 saturated carbocycles. The van der Waals surface area contributed by atoms with Gasteiger partial charge in [0.25, 0.3) is 11.8 Å². The number of benzene rings is 3. The number of hydrogen-bond acceptors (Lipinski definition) is 8. The molecule has 50 heavy (non-hydrogen) atoms. The van der Waals surface area contributed by atoms with Gasteiger partial charge in [-0.15, -0.1) is 11.3 Å². The fourth-order valence-corrected chi connectivity index (χ4v) is 8.08. The lowest BCUT2D eigenvalue weighted by atomic mass is 9.93. The number of fused-ring (bicyclic) bond motifs is 3. The van der Waals surface area contributed by atoms with Gasteiger partial charge >= 0.3 is 5.97 Å². The summed E-state index contributed by atoms with van der Waals surface area (Å²) in [6.07, 6.45) is 2.42. The second-order valence-electron chi connectivity index (χ2n) is 12.7. The molecule has 3 N–H and O–H groups in total. The number of carbonyl (C=O) groups is 3. The standard InChI is InChI=1S/C40H38N4O5S/c1-23-18-25(22-41)19-24(2)35(23)43-38(45)30-20-31-34(49-16-13-27-14-17-50-37(27)31)21-29(30)28-11-12-32(42-36(28)40(47)48-3)39(46)44-15-7-10-33(44)26-8-5-4-6-9-26/h4-6,8-9,11-12,14,17-21,33H,7,10,13,15-16,22,41H2,1-3H3,(H,43,45)/t33-/m0/s1. The molecule has 2 aliphatic rings. The van der Waals surface area contributed by atoms with Crippen molar-refractivity contribution in [3.63, 3.8) is 0 Å². The number of rotatable bonds is 7. The number of nitrogens with two attached hydrogens (primary N) is 1. The number of methoxy groups -OCH3 is 1. The van der Waals surface area contributed by atoms with Crippen LogP contribution >= 0.6 is 11.3 Å². The third-order valence-corrected chi connectivity index (χ3v) is 10.5. The maximum Gasteiger partial charge on any atom is 0.357 e. The molecular weight excluding hydrogens is 649 g/mol. The zero-order valence-electron chi connectivity index (χ0n) is 28.2. The molecule has 5 aromatic rings. The van der Waals surface area contributed by atoms with Crippen molar-refractivity contribution < 1.29 is 23.9 Å². The number of amides is 2. The van der Waals surface area contributed by atoms with Gasteiger partial charge in [0.15, 0.2) is 5.69 Å². The van der Waals surface area contributed by atoms with E-state index in [9.17, 15) is 14.4 Å². The van der Waals surface area contributed by atoms with Crippen LogP contribution in [0.4, 0.5) is 5.69 Å². The molecule has 1 atom stereocenters. The van der Waals surface area contributed by atoms with E-state index in [1.807, 2.05) is 72.7 Å². The minimum atomic E-state index is -0.720. The van der Waals surface area contributed by atoms with E-state index in [0.717, 1.165) is 57.5 Å². The van der Waals surface area contributed by atoms with E-state index in [2.05, 4.69) is 16.4 Å². The molecule has 10 heteroatoms. The Hall–Kier alpha value is -5.32. The van der Waals surface area contributed by atoms with Gasteiger partial charge in [-0.1, -0.05) is 42.5 Å². The van der Waals surface area contributed by atoms with E-state index in [-0.39, 0.29) is 29.2 Å². The topological polar surface area (TPSA) is 124 Å². The number of anilines is 1. The second kappa shape index (κ2) is 13.9. The second-order valence-corrected chi connectivity index (χ2v) is 13.6. The van der Waals surface area contributed by atoms with Crippen LogP contribution in [-0.4, -0.2) is 47.9 Å². The molecular formula is C40H38N4O5S. The first-order chi connectivity index (χ1) is 24.3. The quantitative estimate of drug-likeness (QED) is 0.170. The highest BCUT2D eigenvalue weighted by Gasteiger charge is 2.33. The lowest BCUT2D eigenvalue weighted by molar-refractivity contribution is 0.0594. The first-order valence-corrected chi connectivity index (χ1v) is 17.6. The molecule has 7 rings (SSSR count). The number of hydrogen-bond donors (Lipinski definition) is 2. The number of aryl methyl sites for hydroxylation is 2. The molecule has 0 radical (unpaired) electrons. The summed E-state index contributed by atoms with van der Waals surface area (Å²) in [5, 5.41) is 5.17. The van der Waals surface area contributed by atoms with Crippen molar-refractivity contribution in [1.82, 2.24) is 9.88 Å². The van der Waals surface area contributed by atoms with E-state index in [4.69, 9.17) is 15.2 Å². The van der Waals surface area contributed by atoms with Crippen molar-refractivity contribution in [3.05, 3.63) is 123 Å². The largest absolute Gasteiger partial charge is 0.493 e. The Morgan fingerprint density at radius 1 is 1.00 bits per heavy atom. The smallest absolute Gasteiger partial charge is 0.357 e. The summed E-state index contributed by atoms with van der Waals surface area (Å²) in [6.45, 7) is 5.30. The third-order valence-electron chi connectivity index (χ3n) is 9.53. The predicted molar refractivity (Wildman–Crippen MR) is 195 cm³/mol. The summed E-state index contributed by atoms with van der Waals surface area (Å²) in [6, 6.07) is 22.8. The summed E-state index contributed by atoms with van der Waals surface area (Å²) in [4.78, 5) is 49.3. The molecule has 0 spiro atoms. The van der Waals surface area contributed by atoms with Gasteiger partial charge in [0.05, 0.1) is 19.8 Å². The number of likely N-dealkylation sites (tertiary alicyclic amines) is 1. The van der Waals surface area contributed by atoms with Gasteiger partial charge in [0.1, 0.15) is 11.4 Å². The molecule has 1 fully saturated rings. The van der Waals surface area contributed by atoms with Crippen LogP contribution in [-0.2, 0) is 17.7 Å². The van der Waals surface area contributed by atoms with Crippen LogP contribution in [0.15, 0.2) is 78.2 Å². The lowest BCUT2D eigenvalue weighted by Crippen LogP contribution is -2.31. The Labute approximate surface area is 295 Å². The van der Waals surface area contributed by atoms with Gasteiger partial charge in [-0.2, -0.15) is 0 Å². The van der Waals surface area contributed by atoms with E-state index in [1.165, 1.54) is 7.11 Å². The van der Waals surface area contributed by atoms with Crippen LogP contribution in [0.2, 0.25) is 0 Å². The summed E-state index contributed by atoms with van der Waals surface area (Å²) in [5.41, 5.74) is 13.5. The van der Waals surface area contributed by atoms with Crippen molar-refractivity contribution >= 4 is 34.8 Å². The van der Waals surface area contributed by atoms with E-state index in [0.29, 0.717) is 47.8 Å². The average molecular weight is 687 g/mol. The van der Waals surface area contributed by atoms with Crippen LogP contribution in [0.3, 0.4) is 0 Å². The Kier molecular flexibility index (Phi) is 9.22. The Morgan fingerprint density at radius 2 is 1.78 bits per heavy atom. The summed E-state index contributed by atoms with van der Waals surface area (Å²) >= 11 is 1.59. The first kappa shape index (κ1) is 33.2. The van der Waals surface area contributed by atoms with Crippen molar-refractivity contribution in [3.8, 4) is 27.3 Å². The average Bonchev–Trinajstić information content (AvgIpc) is 3.79. The Balaban J connectivity index is 1.35. The molecule has 2 amide bonds. The number of nitrogens with zero attached hydrogens (tertiary/aromatic N) is 2. The summed E-state index contributed by atoms with van der Waals surface area (Å²) < 4.78 is 11.4. The molecule has 254 valence electrons. The predicted octanol–water partition coefficient (Wildman–Crippen LogP) is 7.50. The first-order valence-electron chi connectivity index (χ1n) is 16.7. The Morgan fingerprint density at radius 3 is 2.52 bits per heavy atom. The van der Waals surface area contributed by atoms with Gasteiger partial charge < -0.3 is 25.4 Å². The van der Waals surface area contributed by atoms with E-state index in [1.54, 1.807) is 29.5 Å².